The van der Waals surface area contributed by atoms with Gasteiger partial charge in [0.2, 0.25) is 0 Å². The number of sulfonamides is 1. The minimum atomic E-state index is -4.13. The van der Waals surface area contributed by atoms with Gasteiger partial charge in [-0.25, -0.2) is 8.42 Å². The average Bonchev–Trinajstić information content (AvgIpc) is 2.81. The summed E-state index contributed by atoms with van der Waals surface area (Å²) in [5.41, 5.74) is 4.61. The molecule has 0 aromatic heterocycles. The van der Waals surface area contributed by atoms with Crippen molar-refractivity contribution in [1.82, 2.24) is 0 Å². The number of carbonyl (C=O) groups excluding carboxylic acids is 1. The Labute approximate surface area is 199 Å². The van der Waals surface area contributed by atoms with Gasteiger partial charge in [0, 0.05) is 28.9 Å². The number of para-hydroxylation sites is 1. The van der Waals surface area contributed by atoms with Crippen molar-refractivity contribution in [2.45, 2.75) is 26.7 Å². The second-order valence-corrected chi connectivity index (χ2v) is 10.2. The number of anilines is 2. The van der Waals surface area contributed by atoms with Crippen molar-refractivity contribution >= 4 is 44.5 Å². The molecule has 170 valence electrons. The van der Waals surface area contributed by atoms with Gasteiger partial charge in [-0.3, -0.25) is 9.10 Å². The van der Waals surface area contributed by atoms with Crippen LogP contribution in [0.5, 0.6) is 0 Å². The second kappa shape index (κ2) is 9.04. The summed E-state index contributed by atoms with van der Waals surface area (Å²) in [4.78, 5) is 13.4. The van der Waals surface area contributed by atoms with Crippen LogP contribution in [0.25, 0.3) is 5.57 Å². The van der Waals surface area contributed by atoms with E-state index in [2.05, 4.69) is 5.32 Å². The Morgan fingerprint density at radius 3 is 2.18 bits per heavy atom. The highest BCUT2D eigenvalue weighted by molar-refractivity contribution is 7.97. The van der Waals surface area contributed by atoms with Gasteiger partial charge in [0.15, 0.2) is 4.91 Å². The summed E-state index contributed by atoms with van der Waals surface area (Å²) in [7, 11) is -2.67. The number of carbonyl (C=O) groups is 1. The first kappa shape index (κ1) is 23.1. The number of nitrogens with zero attached hydrogens (tertiary/aromatic N) is 1. The maximum absolute atomic E-state index is 13.7. The van der Waals surface area contributed by atoms with Gasteiger partial charge in [0.25, 0.3) is 15.9 Å². The van der Waals surface area contributed by atoms with Crippen molar-refractivity contribution in [1.29, 1.82) is 0 Å². The molecule has 0 atom stereocenters. The Bertz CT molecular complexity index is 1340. The van der Waals surface area contributed by atoms with Gasteiger partial charge in [-0.1, -0.05) is 74.0 Å². The number of hydrogen-bond acceptors (Lipinski definition) is 3. The number of benzene rings is 3. The number of amides is 1. The van der Waals surface area contributed by atoms with Crippen molar-refractivity contribution < 1.29 is 13.2 Å². The average molecular weight is 481 g/mol. The van der Waals surface area contributed by atoms with E-state index in [9.17, 15) is 13.2 Å². The third-order valence-corrected chi connectivity index (χ3v) is 7.98. The number of halogens is 1. The van der Waals surface area contributed by atoms with Crippen molar-refractivity contribution in [2.24, 2.45) is 0 Å². The van der Waals surface area contributed by atoms with Gasteiger partial charge in [-0.05, 0) is 47.7 Å². The quantitative estimate of drug-likeness (QED) is 0.513. The number of aryl methyl sites for hydroxylation is 2. The van der Waals surface area contributed by atoms with E-state index in [0.29, 0.717) is 45.9 Å². The molecule has 0 fully saturated rings. The summed E-state index contributed by atoms with van der Waals surface area (Å²) < 4.78 is 28.5. The van der Waals surface area contributed by atoms with Crippen LogP contribution in [-0.2, 0) is 27.7 Å². The predicted molar refractivity (Wildman–Crippen MR) is 135 cm³/mol. The van der Waals surface area contributed by atoms with Crippen LogP contribution in [0.15, 0.2) is 71.6 Å². The maximum atomic E-state index is 13.7. The monoisotopic (exact) mass is 480 g/mol. The molecule has 0 saturated heterocycles. The molecular formula is C26H25ClN2O3S. The molecule has 3 aromatic rings. The van der Waals surface area contributed by atoms with E-state index in [1.165, 1.54) is 7.05 Å². The Hall–Kier alpha value is -3.09. The van der Waals surface area contributed by atoms with Gasteiger partial charge >= 0.3 is 0 Å². The molecule has 7 heteroatoms. The molecule has 1 aliphatic rings. The van der Waals surface area contributed by atoms with E-state index in [0.717, 1.165) is 15.4 Å². The predicted octanol–water partition coefficient (Wildman–Crippen LogP) is 5.64. The highest BCUT2D eigenvalue weighted by Gasteiger charge is 2.40. The fraction of sp³-hybridized carbons (Fsp3) is 0.192. The lowest BCUT2D eigenvalue weighted by Crippen LogP contribution is -2.37. The first-order valence-electron chi connectivity index (χ1n) is 10.8. The van der Waals surface area contributed by atoms with Gasteiger partial charge in [0.1, 0.15) is 0 Å². The zero-order chi connectivity index (χ0) is 23.8. The van der Waals surface area contributed by atoms with Crippen LogP contribution < -0.4 is 9.62 Å². The molecule has 0 radical (unpaired) electrons. The fourth-order valence-electron chi connectivity index (χ4n) is 4.20. The molecule has 33 heavy (non-hydrogen) atoms. The second-order valence-electron chi connectivity index (χ2n) is 7.82. The number of nitrogens with one attached hydrogen (secondary N) is 1. The minimum absolute atomic E-state index is 0.293. The molecule has 0 spiro atoms. The Morgan fingerprint density at radius 2 is 1.58 bits per heavy atom. The SMILES string of the molecule is CCc1cccc(CC)c1NC(=O)C1=C(c2ccccc2)c2cc(Cl)ccc2N(C)S1(=O)=O. The third-order valence-electron chi connectivity index (χ3n) is 5.92. The van der Waals surface area contributed by atoms with Gasteiger partial charge in [-0.2, -0.15) is 0 Å². The van der Waals surface area contributed by atoms with Crippen molar-refractivity contribution in [3.63, 3.8) is 0 Å². The van der Waals surface area contributed by atoms with Crippen molar-refractivity contribution in [3.05, 3.63) is 98.9 Å². The summed E-state index contributed by atoms with van der Waals surface area (Å²) >= 11 is 6.29. The Kier molecular flexibility index (Phi) is 6.32. The smallest absolute Gasteiger partial charge is 0.270 e. The maximum Gasteiger partial charge on any atom is 0.270 e. The summed E-state index contributed by atoms with van der Waals surface area (Å²) in [6, 6.07) is 19.9. The Morgan fingerprint density at radius 1 is 0.939 bits per heavy atom. The molecule has 1 N–H and O–H groups in total. The lowest BCUT2D eigenvalue weighted by Gasteiger charge is -2.31. The molecule has 4 rings (SSSR count). The highest BCUT2D eigenvalue weighted by atomic mass is 35.5. The van der Waals surface area contributed by atoms with Gasteiger partial charge < -0.3 is 5.32 Å². The topological polar surface area (TPSA) is 66.5 Å². The zero-order valence-electron chi connectivity index (χ0n) is 18.7. The molecule has 0 aliphatic carbocycles. The standard InChI is InChI=1S/C26H25ClN2O3S/c1-4-17-12-9-13-18(5-2)24(17)28-26(30)25-23(19-10-7-6-8-11-19)21-16-20(27)14-15-22(21)29(3)33(25,31)32/h6-16H,4-5H2,1-3H3,(H,28,30). The Balaban J connectivity index is 2.00. The molecule has 3 aromatic carbocycles. The van der Waals surface area contributed by atoms with E-state index in [4.69, 9.17) is 11.6 Å². The summed E-state index contributed by atoms with van der Waals surface area (Å²) in [6.45, 7) is 4.00. The fourth-order valence-corrected chi connectivity index (χ4v) is 5.83. The van der Waals surface area contributed by atoms with Crippen LogP contribution in [0.1, 0.15) is 36.1 Å². The van der Waals surface area contributed by atoms with Crippen LogP contribution >= 0.6 is 11.6 Å². The van der Waals surface area contributed by atoms with Crippen LogP contribution in [-0.4, -0.2) is 21.4 Å². The van der Waals surface area contributed by atoms with Crippen LogP contribution in [0.3, 0.4) is 0 Å². The first-order chi connectivity index (χ1) is 15.8. The summed E-state index contributed by atoms with van der Waals surface area (Å²) in [5.74, 6) is -0.665. The molecule has 5 nitrogen and oxygen atoms in total. The molecule has 0 bridgehead atoms. The number of hydrogen-bond donors (Lipinski definition) is 1. The normalized spacial score (nSPS) is 14.7. The molecule has 0 unspecified atom stereocenters. The van der Waals surface area contributed by atoms with Crippen LogP contribution in [0, 0.1) is 0 Å². The highest BCUT2D eigenvalue weighted by Crippen LogP contribution is 2.43. The molecule has 1 amide bonds. The minimum Gasteiger partial charge on any atom is -0.321 e. The van der Waals surface area contributed by atoms with Crippen molar-refractivity contribution in [2.75, 3.05) is 16.7 Å². The van der Waals surface area contributed by atoms with Crippen LogP contribution in [0.4, 0.5) is 11.4 Å². The molecule has 0 saturated carbocycles. The number of rotatable bonds is 5. The lowest BCUT2D eigenvalue weighted by molar-refractivity contribution is -0.112. The molecular weight excluding hydrogens is 456 g/mol. The largest absolute Gasteiger partial charge is 0.321 e. The van der Waals surface area contributed by atoms with Crippen LogP contribution in [0.2, 0.25) is 5.02 Å². The number of fused-ring (bicyclic) bond motifs is 1. The van der Waals surface area contributed by atoms with E-state index >= 15 is 0 Å². The third kappa shape index (κ3) is 4.05. The van der Waals surface area contributed by atoms with E-state index < -0.39 is 15.9 Å². The van der Waals surface area contributed by atoms with E-state index in [1.54, 1.807) is 30.3 Å². The molecule has 1 aliphatic heterocycles. The van der Waals surface area contributed by atoms with E-state index in [1.807, 2.05) is 50.2 Å². The van der Waals surface area contributed by atoms with Gasteiger partial charge in [0.05, 0.1) is 5.69 Å². The molecule has 1 heterocycles. The zero-order valence-corrected chi connectivity index (χ0v) is 20.3. The van der Waals surface area contributed by atoms with Crippen molar-refractivity contribution in [3.8, 4) is 0 Å². The summed E-state index contributed by atoms with van der Waals surface area (Å²) in [6.07, 6.45) is 1.41. The van der Waals surface area contributed by atoms with E-state index in [-0.39, 0.29) is 4.91 Å². The van der Waals surface area contributed by atoms with Gasteiger partial charge in [-0.15, -0.1) is 0 Å². The summed E-state index contributed by atoms with van der Waals surface area (Å²) in [5, 5.41) is 3.39. The first-order valence-corrected chi connectivity index (χ1v) is 12.6. The lowest BCUT2D eigenvalue weighted by atomic mass is 9.95.